The highest BCUT2D eigenvalue weighted by Crippen LogP contribution is 2.29. The molecule has 0 amide bonds. The Balaban J connectivity index is 2.21. The number of rotatable bonds is 2. The van der Waals surface area contributed by atoms with Crippen LogP contribution in [0, 0.1) is 0 Å². The standard InChI is InChI=1S/C11H17N3O4S/c1-11(2,3)18-10(15)9-8(12-14-13-9)7-4-5-19(16,17)6-7/h7H,4-6H2,1-3H3,(H,12,13,14). The lowest BCUT2D eigenvalue weighted by Gasteiger charge is -2.19. The van der Waals surface area contributed by atoms with Crippen molar-refractivity contribution in [2.24, 2.45) is 0 Å². The number of carbonyl (C=O) groups excluding carboxylic acids is 1. The Morgan fingerprint density at radius 3 is 2.58 bits per heavy atom. The summed E-state index contributed by atoms with van der Waals surface area (Å²) in [6.07, 6.45) is 0.463. The van der Waals surface area contributed by atoms with Gasteiger partial charge in [-0.2, -0.15) is 10.3 Å². The molecule has 0 radical (unpaired) electrons. The molecule has 2 heterocycles. The third-order valence-electron chi connectivity index (χ3n) is 2.79. The van der Waals surface area contributed by atoms with Crippen LogP contribution in [0.25, 0.3) is 0 Å². The zero-order valence-electron chi connectivity index (χ0n) is 11.1. The molecule has 1 unspecified atom stereocenters. The van der Waals surface area contributed by atoms with Gasteiger partial charge in [-0.15, -0.1) is 5.10 Å². The first-order chi connectivity index (χ1) is 8.68. The second-order valence-corrected chi connectivity index (χ2v) is 7.89. The molecule has 0 saturated carbocycles. The van der Waals surface area contributed by atoms with E-state index in [0.29, 0.717) is 12.1 Å². The summed E-state index contributed by atoms with van der Waals surface area (Å²) < 4.78 is 28.2. The number of hydrogen-bond acceptors (Lipinski definition) is 6. The molecule has 8 heteroatoms. The fraction of sp³-hybridized carbons (Fsp3) is 0.727. The van der Waals surface area contributed by atoms with Crippen molar-refractivity contribution in [1.29, 1.82) is 0 Å². The molecule has 1 aromatic heterocycles. The van der Waals surface area contributed by atoms with E-state index in [1.165, 1.54) is 0 Å². The zero-order valence-corrected chi connectivity index (χ0v) is 12.0. The average molecular weight is 287 g/mol. The van der Waals surface area contributed by atoms with Crippen LogP contribution in [0.3, 0.4) is 0 Å². The molecule has 106 valence electrons. The summed E-state index contributed by atoms with van der Waals surface area (Å²) in [6.45, 7) is 5.26. The van der Waals surface area contributed by atoms with E-state index in [-0.39, 0.29) is 23.1 Å². The fourth-order valence-electron chi connectivity index (χ4n) is 2.01. The summed E-state index contributed by atoms with van der Waals surface area (Å²) >= 11 is 0. The van der Waals surface area contributed by atoms with E-state index < -0.39 is 21.4 Å². The molecule has 0 aliphatic carbocycles. The minimum Gasteiger partial charge on any atom is -0.455 e. The first-order valence-electron chi connectivity index (χ1n) is 6.02. The van der Waals surface area contributed by atoms with Crippen molar-refractivity contribution in [3.8, 4) is 0 Å². The summed E-state index contributed by atoms with van der Waals surface area (Å²) in [7, 11) is -3.03. The van der Waals surface area contributed by atoms with Gasteiger partial charge in [0.05, 0.1) is 11.5 Å². The zero-order chi connectivity index (χ0) is 14.3. The maximum atomic E-state index is 12.0. The Hall–Kier alpha value is -1.44. The van der Waals surface area contributed by atoms with Gasteiger partial charge >= 0.3 is 5.97 Å². The Morgan fingerprint density at radius 2 is 2.05 bits per heavy atom. The van der Waals surface area contributed by atoms with Gasteiger partial charge in [0.1, 0.15) is 11.3 Å². The maximum Gasteiger partial charge on any atom is 0.361 e. The summed E-state index contributed by atoms with van der Waals surface area (Å²) in [5.41, 5.74) is -0.165. The van der Waals surface area contributed by atoms with Crippen molar-refractivity contribution < 1.29 is 17.9 Å². The second kappa shape index (κ2) is 4.59. The number of nitrogens with one attached hydrogen (secondary N) is 1. The van der Waals surface area contributed by atoms with E-state index in [1.807, 2.05) is 0 Å². The lowest BCUT2D eigenvalue weighted by atomic mass is 10.0. The predicted molar refractivity (Wildman–Crippen MR) is 67.6 cm³/mol. The van der Waals surface area contributed by atoms with Crippen LogP contribution in [0.5, 0.6) is 0 Å². The van der Waals surface area contributed by atoms with Gasteiger partial charge < -0.3 is 4.74 Å². The molecule has 1 aromatic rings. The van der Waals surface area contributed by atoms with E-state index >= 15 is 0 Å². The molecular weight excluding hydrogens is 270 g/mol. The molecule has 1 atom stereocenters. The molecule has 1 aliphatic rings. The SMILES string of the molecule is CC(C)(C)OC(=O)c1n[nH]nc1C1CCS(=O)(=O)C1. The van der Waals surface area contributed by atoms with Crippen molar-refractivity contribution in [3.05, 3.63) is 11.4 Å². The number of aromatic nitrogens is 3. The molecule has 1 aliphatic heterocycles. The number of hydrogen-bond donors (Lipinski definition) is 1. The van der Waals surface area contributed by atoms with Crippen molar-refractivity contribution in [1.82, 2.24) is 15.4 Å². The monoisotopic (exact) mass is 287 g/mol. The largest absolute Gasteiger partial charge is 0.455 e. The summed E-state index contributed by atoms with van der Waals surface area (Å²) in [5.74, 6) is -0.736. The number of nitrogens with zero attached hydrogens (tertiary/aromatic N) is 2. The Kier molecular flexibility index (Phi) is 3.38. The highest BCUT2D eigenvalue weighted by atomic mass is 32.2. The molecule has 19 heavy (non-hydrogen) atoms. The number of ether oxygens (including phenoxy) is 1. The molecule has 1 saturated heterocycles. The van der Waals surface area contributed by atoms with E-state index in [0.717, 1.165) is 0 Å². The Bertz CT molecular complexity index is 585. The van der Waals surface area contributed by atoms with Crippen molar-refractivity contribution in [3.63, 3.8) is 0 Å². The van der Waals surface area contributed by atoms with Gasteiger partial charge in [0.15, 0.2) is 15.5 Å². The van der Waals surface area contributed by atoms with Crippen LogP contribution in [0.1, 0.15) is 49.3 Å². The van der Waals surface area contributed by atoms with E-state index in [9.17, 15) is 13.2 Å². The van der Waals surface area contributed by atoms with E-state index in [4.69, 9.17) is 4.74 Å². The third-order valence-corrected chi connectivity index (χ3v) is 4.55. The molecule has 1 fully saturated rings. The topological polar surface area (TPSA) is 102 Å². The van der Waals surface area contributed by atoms with Crippen LogP contribution in [-0.2, 0) is 14.6 Å². The highest BCUT2D eigenvalue weighted by Gasteiger charge is 2.35. The van der Waals surface area contributed by atoms with Gasteiger partial charge in [-0.1, -0.05) is 0 Å². The third kappa shape index (κ3) is 3.31. The van der Waals surface area contributed by atoms with Crippen LogP contribution in [0.2, 0.25) is 0 Å². The number of H-pyrrole nitrogens is 1. The highest BCUT2D eigenvalue weighted by molar-refractivity contribution is 7.91. The lowest BCUT2D eigenvalue weighted by Crippen LogP contribution is -2.25. The maximum absolute atomic E-state index is 12.0. The summed E-state index contributed by atoms with van der Waals surface area (Å²) in [4.78, 5) is 12.0. The van der Waals surface area contributed by atoms with Crippen molar-refractivity contribution >= 4 is 15.8 Å². The summed E-state index contributed by atoms with van der Waals surface area (Å²) in [5, 5.41) is 10.1. The second-order valence-electron chi connectivity index (χ2n) is 5.66. The smallest absolute Gasteiger partial charge is 0.361 e. The number of esters is 1. The number of aromatic amines is 1. The quantitative estimate of drug-likeness (QED) is 0.802. The van der Waals surface area contributed by atoms with Gasteiger partial charge in [0.25, 0.3) is 0 Å². The fourth-order valence-corrected chi connectivity index (χ4v) is 3.76. The lowest BCUT2D eigenvalue weighted by molar-refractivity contribution is 0.00611. The summed E-state index contributed by atoms with van der Waals surface area (Å²) in [6, 6.07) is 0. The van der Waals surface area contributed by atoms with Crippen LogP contribution < -0.4 is 0 Å². The number of sulfone groups is 1. The van der Waals surface area contributed by atoms with E-state index in [2.05, 4.69) is 15.4 Å². The average Bonchev–Trinajstić information content (AvgIpc) is 2.80. The molecule has 0 aromatic carbocycles. The van der Waals surface area contributed by atoms with Gasteiger partial charge in [0, 0.05) is 5.92 Å². The van der Waals surface area contributed by atoms with Gasteiger partial charge in [0.2, 0.25) is 0 Å². The molecule has 0 bridgehead atoms. The Labute approximate surface area is 111 Å². The normalized spacial score (nSPS) is 22.4. The van der Waals surface area contributed by atoms with Crippen molar-refractivity contribution in [2.45, 2.75) is 38.7 Å². The van der Waals surface area contributed by atoms with E-state index in [1.54, 1.807) is 20.8 Å². The molecular formula is C11H17N3O4S. The molecule has 1 N–H and O–H groups in total. The number of carbonyl (C=O) groups is 1. The van der Waals surface area contributed by atoms with Crippen molar-refractivity contribution in [2.75, 3.05) is 11.5 Å². The minimum atomic E-state index is -3.03. The van der Waals surface area contributed by atoms with Crippen LogP contribution in [0.15, 0.2) is 0 Å². The van der Waals surface area contributed by atoms with Gasteiger partial charge in [-0.3, -0.25) is 0 Å². The Morgan fingerprint density at radius 1 is 1.37 bits per heavy atom. The minimum absolute atomic E-state index is 0.00926. The van der Waals surface area contributed by atoms with Crippen LogP contribution in [0.4, 0.5) is 0 Å². The first kappa shape index (κ1) is 14.0. The predicted octanol–water partition coefficient (Wildman–Crippen LogP) is 0.662. The van der Waals surface area contributed by atoms with Crippen LogP contribution >= 0.6 is 0 Å². The van der Waals surface area contributed by atoms with Crippen LogP contribution in [-0.4, -0.2) is 46.9 Å². The first-order valence-corrected chi connectivity index (χ1v) is 7.84. The molecule has 2 rings (SSSR count). The molecule has 0 spiro atoms. The van der Waals surface area contributed by atoms with Gasteiger partial charge in [-0.05, 0) is 27.2 Å². The van der Waals surface area contributed by atoms with Gasteiger partial charge in [-0.25, -0.2) is 13.2 Å². The molecule has 7 nitrogen and oxygen atoms in total.